The van der Waals surface area contributed by atoms with Crippen molar-refractivity contribution in [2.45, 2.75) is 85.0 Å². The molecule has 0 heterocycles. The van der Waals surface area contributed by atoms with Crippen molar-refractivity contribution in [2.75, 3.05) is 6.67 Å². The number of hydrogen-bond acceptors (Lipinski definition) is 0. The van der Waals surface area contributed by atoms with Gasteiger partial charge in [0.25, 0.3) is 0 Å². The third-order valence-corrected chi connectivity index (χ3v) is 7.37. The lowest BCUT2D eigenvalue weighted by atomic mass is 9.69. The SMILES string of the molecule is CCc1c(CCF)ccc(C2=C(C)CC(C3CCC(CC)CC3)CC2)c1F. The summed E-state index contributed by atoms with van der Waals surface area (Å²) in [6.45, 7) is 6.08. The Balaban J connectivity index is 1.77. The normalized spacial score (nSPS) is 26.5. The van der Waals surface area contributed by atoms with Gasteiger partial charge in [-0.1, -0.05) is 50.8 Å². The number of halogens is 2. The molecule has 1 aromatic carbocycles. The van der Waals surface area contributed by atoms with E-state index in [1.54, 1.807) is 0 Å². The molecule has 2 heteroatoms. The van der Waals surface area contributed by atoms with Crippen molar-refractivity contribution in [3.63, 3.8) is 0 Å². The highest BCUT2D eigenvalue weighted by Gasteiger charge is 2.30. The summed E-state index contributed by atoms with van der Waals surface area (Å²) < 4.78 is 28.0. The molecule has 27 heavy (non-hydrogen) atoms. The Kier molecular flexibility index (Phi) is 7.11. The Morgan fingerprint density at radius 3 is 2.33 bits per heavy atom. The van der Waals surface area contributed by atoms with Gasteiger partial charge in [0.05, 0.1) is 6.67 Å². The van der Waals surface area contributed by atoms with Crippen LogP contribution in [0.1, 0.15) is 88.8 Å². The second-order valence-electron chi connectivity index (χ2n) is 8.81. The van der Waals surface area contributed by atoms with Gasteiger partial charge in [-0.25, -0.2) is 4.39 Å². The van der Waals surface area contributed by atoms with E-state index in [1.807, 2.05) is 19.1 Å². The van der Waals surface area contributed by atoms with Crippen molar-refractivity contribution < 1.29 is 8.78 Å². The van der Waals surface area contributed by atoms with Gasteiger partial charge in [-0.15, -0.1) is 0 Å². The summed E-state index contributed by atoms with van der Waals surface area (Å²) >= 11 is 0. The van der Waals surface area contributed by atoms with Gasteiger partial charge in [-0.2, -0.15) is 0 Å². The Morgan fingerprint density at radius 1 is 1.00 bits per heavy atom. The Bertz CT molecular complexity index is 665. The van der Waals surface area contributed by atoms with Gasteiger partial charge in [0.1, 0.15) is 5.82 Å². The van der Waals surface area contributed by atoms with Gasteiger partial charge in [0, 0.05) is 12.0 Å². The van der Waals surface area contributed by atoms with Crippen LogP contribution in [0.4, 0.5) is 8.78 Å². The molecule has 150 valence electrons. The standard InChI is InChI=1S/C25H36F2/c1-4-18-6-8-19(9-7-18)21-11-12-23(17(3)16-21)24-13-10-20(14-15-26)22(5-2)25(24)27/h10,13,18-19,21H,4-9,11-12,14-16H2,1-3H3. The molecule has 1 unspecified atom stereocenters. The zero-order valence-corrected chi connectivity index (χ0v) is 17.4. The maximum atomic E-state index is 15.2. The van der Waals surface area contributed by atoms with Crippen LogP contribution in [-0.4, -0.2) is 6.67 Å². The smallest absolute Gasteiger partial charge is 0.134 e. The molecule has 2 aliphatic carbocycles. The summed E-state index contributed by atoms with van der Waals surface area (Å²) in [7, 11) is 0. The van der Waals surface area contributed by atoms with Gasteiger partial charge < -0.3 is 0 Å². The quantitative estimate of drug-likeness (QED) is 0.479. The molecule has 0 nitrogen and oxygen atoms in total. The number of rotatable bonds is 6. The summed E-state index contributed by atoms with van der Waals surface area (Å²) in [6.07, 6.45) is 11.2. The lowest BCUT2D eigenvalue weighted by Crippen LogP contribution is -2.24. The molecule has 0 N–H and O–H groups in total. The van der Waals surface area contributed by atoms with Crippen LogP contribution in [0.5, 0.6) is 0 Å². The maximum Gasteiger partial charge on any atom is 0.134 e. The molecule has 0 aliphatic heterocycles. The number of benzene rings is 1. The van der Waals surface area contributed by atoms with E-state index < -0.39 is 6.67 Å². The molecule has 0 amide bonds. The first-order chi connectivity index (χ1) is 13.1. The second kappa shape index (κ2) is 9.34. The first kappa shape index (κ1) is 20.6. The molecule has 1 atom stereocenters. The van der Waals surface area contributed by atoms with Gasteiger partial charge in [-0.3, -0.25) is 4.39 Å². The Labute approximate surface area is 164 Å². The molecular formula is C25H36F2. The van der Waals surface area contributed by atoms with Crippen LogP contribution in [0.15, 0.2) is 17.7 Å². The van der Waals surface area contributed by atoms with Crippen LogP contribution >= 0.6 is 0 Å². The van der Waals surface area contributed by atoms with Crippen LogP contribution in [-0.2, 0) is 12.8 Å². The van der Waals surface area contributed by atoms with E-state index in [1.165, 1.54) is 49.7 Å². The minimum absolute atomic E-state index is 0.0975. The highest BCUT2D eigenvalue weighted by atomic mass is 19.1. The van der Waals surface area contributed by atoms with E-state index in [9.17, 15) is 4.39 Å². The summed E-state index contributed by atoms with van der Waals surface area (Å²) in [4.78, 5) is 0. The molecule has 0 saturated heterocycles. The van der Waals surface area contributed by atoms with Crippen molar-refractivity contribution in [3.05, 3.63) is 40.2 Å². The molecular weight excluding hydrogens is 338 g/mol. The van der Waals surface area contributed by atoms with Gasteiger partial charge >= 0.3 is 0 Å². The topological polar surface area (TPSA) is 0 Å². The molecule has 0 radical (unpaired) electrons. The van der Waals surface area contributed by atoms with Crippen LogP contribution in [0.2, 0.25) is 0 Å². The first-order valence-corrected chi connectivity index (χ1v) is 11.1. The van der Waals surface area contributed by atoms with E-state index >= 15 is 4.39 Å². The van der Waals surface area contributed by atoms with Crippen molar-refractivity contribution in [3.8, 4) is 0 Å². The van der Waals surface area contributed by atoms with E-state index in [0.29, 0.717) is 18.4 Å². The van der Waals surface area contributed by atoms with E-state index in [-0.39, 0.29) is 5.82 Å². The van der Waals surface area contributed by atoms with Crippen molar-refractivity contribution in [1.29, 1.82) is 0 Å². The Hall–Kier alpha value is -1.18. The summed E-state index contributed by atoms with van der Waals surface area (Å²) in [5.74, 6) is 2.50. The zero-order valence-electron chi connectivity index (χ0n) is 17.4. The van der Waals surface area contributed by atoms with Gasteiger partial charge in [-0.05, 0) is 79.9 Å². The highest BCUT2D eigenvalue weighted by Crippen LogP contribution is 2.44. The fourth-order valence-electron chi connectivity index (χ4n) is 5.61. The van der Waals surface area contributed by atoms with Crippen LogP contribution < -0.4 is 0 Å². The fourth-order valence-corrected chi connectivity index (χ4v) is 5.61. The molecule has 1 aromatic rings. The molecule has 0 bridgehead atoms. The van der Waals surface area contributed by atoms with Crippen molar-refractivity contribution in [2.24, 2.45) is 17.8 Å². The third kappa shape index (κ3) is 4.46. The van der Waals surface area contributed by atoms with Crippen molar-refractivity contribution >= 4 is 5.57 Å². The fraction of sp³-hybridized carbons (Fsp3) is 0.680. The van der Waals surface area contributed by atoms with Crippen LogP contribution in [0.3, 0.4) is 0 Å². The van der Waals surface area contributed by atoms with Crippen molar-refractivity contribution in [1.82, 2.24) is 0 Å². The average molecular weight is 375 g/mol. The zero-order chi connectivity index (χ0) is 19.4. The molecule has 0 spiro atoms. The summed E-state index contributed by atoms with van der Waals surface area (Å²) in [5.41, 5.74) is 4.92. The molecule has 0 aromatic heterocycles. The first-order valence-electron chi connectivity index (χ1n) is 11.1. The highest BCUT2D eigenvalue weighted by molar-refractivity contribution is 5.70. The lowest BCUT2D eigenvalue weighted by Gasteiger charge is -2.37. The average Bonchev–Trinajstić information content (AvgIpc) is 2.69. The molecule has 2 aliphatic rings. The van der Waals surface area contributed by atoms with E-state index in [4.69, 9.17) is 0 Å². The molecule has 1 fully saturated rings. The molecule has 1 saturated carbocycles. The number of hydrogen-bond donors (Lipinski definition) is 0. The van der Waals surface area contributed by atoms with Crippen LogP contribution in [0.25, 0.3) is 5.57 Å². The number of aryl methyl sites for hydroxylation is 1. The minimum atomic E-state index is -0.421. The van der Waals surface area contributed by atoms with Gasteiger partial charge in [0.15, 0.2) is 0 Å². The number of alkyl halides is 1. The predicted octanol–water partition coefficient (Wildman–Crippen LogP) is 7.69. The van der Waals surface area contributed by atoms with E-state index in [2.05, 4.69) is 13.8 Å². The predicted molar refractivity (Wildman–Crippen MR) is 111 cm³/mol. The van der Waals surface area contributed by atoms with E-state index in [0.717, 1.165) is 41.7 Å². The minimum Gasteiger partial charge on any atom is -0.251 e. The second-order valence-corrected chi connectivity index (χ2v) is 8.81. The molecule has 3 rings (SSSR count). The summed E-state index contributed by atoms with van der Waals surface area (Å²) in [5, 5.41) is 0. The van der Waals surface area contributed by atoms with Crippen LogP contribution in [0, 0.1) is 23.6 Å². The summed E-state index contributed by atoms with van der Waals surface area (Å²) in [6, 6.07) is 3.86. The maximum absolute atomic E-state index is 15.2. The number of allylic oxidation sites excluding steroid dienone is 2. The van der Waals surface area contributed by atoms with Gasteiger partial charge in [0.2, 0.25) is 0 Å². The third-order valence-electron chi connectivity index (χ3n) is 7.37. The lowest BCUT2D eigenvalue weighted by molar-refractivity contribution is 0.190. The largest absolute Gasteiger partial charge is 0.251 e. The Morgan fingerprint density at radius 2 is 1.74 bits per heavy atom. The monoisotopic (exact) mass is 374 g/mol.